The van der Waals surface area contributed by atoms with Gasteiger partial charge < -0.3 is 24.8 Å². The zero-order valence-corrected chi connectivity index (χ0v) is 15.2. The molecule has 7 nitrogen and oxygen atoms in total. The molecule has 0 bridgehead atoms. The quantitative estimate of drug-likeness (QED) is 0.780. The molecule has 2 saturated heterocycles. The van der Waals surface area contributed by atoms with Crippen LogP contribution < -0.4 is 14.8 Å². The highest BCUT2D eigenvalue weighted by molar-refractivity contribution is 5.78. The lowest BCUT2D eigenvalue weighted by Gasteiger charge is -2.38. The molecular formula is C19H27N3O4. The Labute approximate surface area is 153 Å². The van der Waals surface area contributed by atoms with E-state index in [1.54, 1.807) is 7.11 Å². The summed E-state index contributed by atoms with van der Waals surface area (Å²) in [6.07, 6.45) is 0. The van der Waals surface area contributed by atoms with Gasteiger partial charge in [0.05, 0.1) is 26.9 Å². The van der Waals surface area contributed by atoms with E-state index in [9.17, 15) is 9.90 Å². The van der Waals surface area contributed by atoms with Gasteiger partial charge in [-0.1, -0.05) is 6.07 Å². The molecule has 4 rings (SSSR count). The molecule has 0 radical (unpaired) electrons. The van der Waals surface area contributed by atoms with E-state index in [1.165, 1.54) is 0 Å². The maximum atomic E-state index is 12.6. The number of nitrogens with one attached hydrogen (secondary N) is 1. The van der Waals surface area contributed by atoms with Crippen LogP contribution in [0.4, 0.5) is 0 Å². The van der Waals surface area contributed by atoms with Crippen molar-refractivity contribution in [1.29, 1.82) is 0 Å². The van der Waals surface area contributed by atoms with Crippen LogP contribution in [0.1, 0.15) is 11.5 Å². The Bertz CT molecular complexity index is 677. The van der Waals surface area contributed by atoms with Gasteiger partial charge in [0.2, 0.25) is 5.91 Å². The lowest BCUT2D eigenvalue weighted by molar-refractivity contribution is -0.132. The number of fused-ring (bicyclic) bond motifs is 3. The zero-order chi connectivity index (χ0) is 18.1. The molecule has 7 heteroatoms. The largest absolute Gasteiger partial charge is 0.497 e. The van der Waals surface area contributed by atoms with Gasteiger partial charge >= 0.3 is 0 Å². The predicted molar refractivity (Wildman–Crippen MR) is 96.6 cm³/mol. The van der Waals surface area contributed by atoms with Gasteiger partial charge in [-0.05, 0) is 11.6 Å². The van der Waals surface area contributed by atoms with Gasteiger partial charge in [0, 0.05) is 56.7 Å². The number of ether oxygens (including phenoxy) is 2. The molecule has 1 aromatic carbocycles. The summed E-state index contributed by atoms with van der Waals surface area (Å²) in [4.78, 5) is 16.7. The second kappa shape index (κ2) is 7.06. The highest BCUT2D eigenvalue weighted by Gasteiger charge is 2.51. The number of likely N-dealkylation sites (tertiary alicyclic amines) is 1. The van der Waals surface area contributed by atoms with Gasteiger partial charge in [0.1, 0.15) is 11.5 Å². The SMILES string of the molecule is COc1ccc2c(c1)OCC1(CO)CN(CC(=O)N3CCNCC3)CC21. The monoisotopic (exact) mass is 361 g/mol. The molecule has 0 aliphatic carbocycles. The van der Waals surface area contributed by atoms with E-state index in [4.69, 9.17) is 9.47 Å². The first kappa shape index (κ1) is 17.6. The van der Waals surface area contributed by atoms with Gasteiger partial charge in [0.15, 0.2) is 0 Å². The number of carbonyl (C=O) groups is 1. The summed E-state index contributed by atoms with van der Waals surface area (Å²) in [5.74, 6) is 1.93. The van der Waals surface area contributed by atoms with E-state index in [1.807, 2.05) is 23.1 Å². The molecule has 1 aromatic rings. The Balaban J connectivity index is 1.51. The molecule has 1 amide bonds. The summed E-state index contributed by atoms with van der Waals surface area (Å²) in [7, 11) is 1.64. The molecule has 3 aliphatic heterocycles. The Kier molecular flexibility index (Phi) is 4.77. The van der Waals surface area contributed by atoms with Gasteiger partial charge in [-0.3, -0.25) is 9.69 Å². The maximum Gasteiger partial charge on any atom is 0.236 e. The first-order valence-corrected chi connectivity index (χ1v) is 9.28. The summed E-state index contributed by atoms with van der Waals surface area (Å²) in [6, 6.07) is 5.87. The van der Waals surface area contributed by atoms with Gasteiger partial charge in [0.25, 0.3) is 0 Å². The lowest BCUT2D eigenvalue weighted by atomic mass is 9.74. The Hall–Kier alpha value is -1.83. The second-order valence-electron chi connectivity index (χ2n) is 7.57. The molecule has 26 heavy (non-hydrogen) atoms. The van der Waals surface area contributed by atoms with Crippen molar-refractivity contribution in [2.75, 3.05) is 66.1 Å². The first-order valence-electron chi connectivity index (χ1n) is 9.28. The van der Waals surface area contributed by atoms with Gasteiger partial charge in [-0.2, -0.15) is 0 Å². The van der Waals surface area contributed by atoms with Crippen LogP contribution in [0.2, 0.25) is 0 Å². The minimum Gasteiger partial charge on any atom is -0.497 e. The van der Waals surface area contributed by atoms with Crippen molar-refractivity contribution in [1.82, 2.24) is 15.1 Å². The van der Waals surface area contributed by atoms with E-state index in [0.29, 0.717) is 19.7 Å². The summed E-state index contributed by atoms with van der Waals surface area (Å²) in [5.41, 5.74) is 0.758. The molecule has 2 unspecified atom stereocenters. The van der Waals surface area contributed by atoms with E-state index in [2.05, 4.69) is 10.2 Å². The number of nitrogens with zero attached hydrogens (tertiary/aromatic N) is 2. The minimum absolute atomic E-state index is 0.0570. The van der Waals surface area contributed by atoms with Gasteiger partial charge in [-0.15, -0.1) is 0 Å². The fourth-order valence-corrected chi connectivity index (χ4v) is 4.45. The van der Waals surface area contributed by atoms with Crippen molar-refractivity contribution in [3.05, 3.63) is 23.8 Å². The number of amides is 1. The second-order valence-corrected chi connectivity index (χ2v) is 7.57. The number of carbonyl (C=O) groups excluding carboxylic acids is 1. The van der Waals surface area contributed by atoms with Crippen molar-refractivity contribution < 1.29 is 19.4 Å². The average Bonchev–Trinajstić information content (AvgIpc) is 3.07. The van der Waals surface area contributed by atoms with Crippen LogP contribution in [0, 0.1) is 5.41 Å². The van der Waals surface area contributed by atoms with Crippen LogP contribution >= 0.6 is 0 Å². The predicted octanol–water partition coefficient (Wildman–Crippen LogP) is -0.103. The van der Waals surface area contributed by atoms with Gasteiger partial charge in [-0.25, -0.2) is 0 Å². The van der Waals surface area contributed by atoms with Crippen LogP contribution in [0.5, 0.6) is 11.5 Å². The number of hydrogen-bond donors (Lipinski definition) is 2. The molecule has 2 N–H and O–H groups in total. The van der Waals surface area contributed by atoms with Crippen molar-refractivity contribution in [2.24, 2.45) is 5.41 Å². The van der Waals surface area contributed by atoms with E-state index >= 15 is 0 Å². The summed E-state index contributed by atoms with van der Waals surface area (Å²) in [5, 5.41) is 13.4. The molecule has 0 spiro atoms. The number of rotatable bonds is 4. The number of aliphatic hydroxyl groups is 1. The standard InChI is InChI=1S/C19H27N3O4/c1-25-14-2-3-15-16-9-21(10-18(24)22-6-4-20-5-7-22)11-19(16,12-23)13-26-17(15)8-14/h2-3,8,16,20,23H,4-7,9-13H2,1H3. The Morgan fingerprint density at radius 2 is 2.23 bits per heavy atom. The topological polar surface area (TPSA) is 74.3 Å². The third-order valence-electron chi connectivity index (χ3n) is 5.97. The summed E-state index contributed by atoms with van der Waals surface area (Å²) < 4.78 is 11.3. The number of piperazine rings is 1. The maximum absolute atomic E-state index is 12.6. The summed E-state index contributed by atoms with van der Waals surface area (Å²) in [6.45, 7) is 5.63. The van der Waals surface area contributed by atoms with E-state index < -0.39 is 0 Å². The molecule has 2 atom stereocenters. The van der Waals surface area contributed by atoms with Crippen molar-refractivity contribution >= 4 is 5.91 Å². The highest BCUT2D eigenvalue weighted by atomic mass is 16.5. The lowest BCUT2D eigenvalue weighted by Crippen LogP contribution is -2.49. The number of hydrogen-bond acceptors (Lipinski definition) is 6. The fourth-order valence-electron chi connectivity index (χ4n) is 4.45. The highest BCUT2D eigenvalue weighted by Crippen LogP contribution is 2.49. The van der Waals surface area contributed by atoms with Crippen LogP contribution in [-0.2, 0) is 4.79 Å². The average molecular weight is 361 g/mol. The fraction of sp³-hybridized carbons (Fsp3) is 0.632. The number of aliphatic hydroxyl groups excluding tert-OH is 1. The molecule has 3 aliphatic rings. The molecule has 0 saturated carbocycles. The molecular weight excluding hydrogens is 334 g/mol. The van der Waals surface area contributed by atoms with Crippen LogP contribution in [-0.4, -0.2) is 87.0 Å². The van der Waals surface area contributed by atoms with Crippen LogP contribution in [0.25, 0.3) is 0 Å². The third kappa shape index (κ3) is 3.04. The van der Waals surface area contributed by atoms with Crippen LogP contribution in [0.3, 0.4) is 0 Å². The molecule has 142 valence electrons. The zero-order valence-electron chi connectivity index (χ0n) is 15.2. The van der Waals surface area contributed by atoms with Crippen molar-refractivity contribution in [3.8, 4) is 11.5 Å². The first-order chi connectivity index (χ1) is 12.6. The van der Waals surface area contributed by atoms with Crippen LogP contribution in [0.15, 0.2) is 18.2 Å². The Morgan fingerprint density at radius 1 is 1.42 bits per heavy atom. The number of methoxy groups -OCH3 is 1. The van der Waals surface area contributed by atoms with E-state index in [-0.39, 0.29) is 23.8 Å². The number of benzene rings is 1. The summed E-state index contributed by atoms with van der Waals surface area (Å²) >= 11 is 0. The van der Waals surface area contributed by atoms with Crippen molar-refractivity contribution in [2.45, 2.75) is 5.92 Å². The molecule has 0 aromatic heterocycles. The van der Waals surface area contributed by atoms with E-state index in [0.717, 1.165) is 49.8 Å². The smallest absolute Gasteiger partial charge is 0.236 e. The Morgan fingerprint density at radius 3 is 2.96 bits per heavy atom. The van der Waals surface area contributed by atoms with Crippen molar-refractivity contribution in [3.63, 3.8) is 0 Å². The normalized spacial score (nSPS) is 28.2. The third-order valence-corrected chi connectivity index (χ3v) is 5.97. The molecule has 2 fully saturated rings. The molecule has 3 heterocycles. The minimum atomic E-state index is -0.342.